The first-order chi connectivity index (χ1) is 13.8. The van der Waals surface area contributed by atoms with E-state index < -0.39 is 16.1 Å². The molecule has 2 N–H and O–H groups in total. The summed E-state index contributed by atoms with van der Waals surface area (Å²) in [5.41, 5.74) is 1.19. The number of amides is 2. The Morgan fingerprint density at radius 2 is 1.83 bits per heavy atom. The van der Waals surface area contributed by atoms with E-state index in [9.17, 15) is 13.2 Å². The molecule has 0 aliphatic rings. The molecule has 0 spiro atoms. The van der Waals surface area contributed by atoms with Crippen molar-refractivity contribution in [1.82, 2.24) is 24.1 Å². The van der Waals surface area contributed by atoms with E-state index in [0.29, 0.717) is 12.1 Å². The Kier molecular flexibility index (Phi) is 5.75. The van der Waals surface area contributed by atoms with E-state index in [1.54, 1.807) is 12.3 Å². The first-order valence-electron chi connectivity index (χ1n) is 8.24. The number of nitrogens with zero attached hydrogens (tertiary/aromatic N) is 4. The second-order valence-corrected chi connectivity index (χ2v) is 7.62. The minimum atomic E-state index is -4.36. The number of methoxy groups -OCH3 is 2. The van der Waals surface area contributed by atoms with Crippen LogP contribution in [0.15, 0.2) is 29.4 Å². The van der Waals surface area contributed by atoms with Gasteiger partial charge in [0, 0.05) is 6.20 Å². The molecule has 3 aromatic rings. The minimum Gasteiger partial charge on any atom is -0.481 e. The highest BCUT2D eigenvalue weighted by Gasteiger charge is 2.27. The van der Waals surface area contributed by atoms with E-state index in [1.807, 2.05) is 17.7 Å². The number of sulfonamides is 1. The second kappa shape index (κ2) is 8.09. The van der Waals surface area contributed by atoms with Crippen molar-refractivity contribution in [3.05, 3.63) is 35.1 Å². The number of rotatable bonds is 6. The number of pyridine rings is 1. The van der Waals surface area contributed by atoms with Gasteiger partial charge in [-0.3, -0.25) is 9.72 Å². The first-order valence-corrected chi connectivity index (χ1v) is 10.1. The molecule has 29 heavy (non-hydrogen) atoms. The van der Waals surface area contributed by atoms with Crippen LogP contribution in [0.2, 0.25) is 5.15 Å². The molecule has 3 aromatic heterocycles. The number of aromatic nitrogens is 4. The number of carbonyl (C=O) groups excluding carboxylic acids is 1. The molecular formula is C16H17ClN6O5S. The van der Waals surface area contributed by atoms with Crippen LogP contribution in [0, 0.1) is 0 Å². The predicted molar refractivity (Wildman–Crippen MR) is 104 cm³/mol. The van der Waals surface area contributed by atoms with Gasteiger partial charge in [-0.1, -0.05) is 24.6 Å². The quantitative estimate of drug-likeness (QED) is 0.592. The number of imidazole rings is 1. The first kappa shape index (κ1) is 20.6. The molecule has 0 aliphatic carbocycles. The lowest BCUT2D eigenvalue weighted by Crippen LogP contribution is -2.35. The van der Waals surface area contributed by atoms with Gasteiger partial charge in [0.2, 0.25) is 17.7 Å². The number of hydrogen-bond donors (Lipinski definition) is 2. The van der Waals surface area contributed by atoms with Gasteiger partial charge in [-0.25, -0.2) is 14.5 Å². The van der Waals surface area contributed by atoms with Crippen LogP contribution in [-0.2, 0) is 16.4 Å². The van der Waals surface area contributed by atoms with Crippen LogP contribution < -0.4 is 19.5 Å². The molecule has 0 saturated carbocycles. The lowest BCUT2D eigenvalue weighted by atomic mass is 10.2. The summed E-state index contributed by atoms with van der Waals surface area (Å²) in [6, 6.07) is 3.74. The van der Waals surface area contributed by atoms with Crippen LogP contribution >= 0.6 is 11.6 Å². The van der Waals surface area contributed by atoms with Crippen LogP contribution in [-0.4, -0.2) is 48.0 Å². The van der Waals surface area contributed by atoms with Crippen LogP contribution in [0.1, 0.15) is 12.5 Å². The Bertz CT molecular complexity index is 1160. The van der Waals surface area contributed by atoms with E-state index in [4.69, 9.17) is 21.1 Å². The zero-order chi connectivity index (χ0) is 21.2. The standard InChI is InChI=1S/C16H17ClN6O5S/c1-4-9-5-6-10-18-13(17)14(23(10)8-9)29(25,26)22-16(24)21-15-19-11(27-2)7-12(20-15)28-3/h5-8H,4H2,1-3H3,(H2,19,20,21,22,24). The molecule has 2 amide bonds. The third-order valence-electron chi connectivity index (χ3n) is 3.81. The molecular weight excluding hydrogens is 424 g/mol. The summed E-state index contributed by atoms with van der Waals surface area (Å²) >= 11 is 6.03. The van der Waals surface area contributed by atoms with Gasteiger partial charge in [-0.2, -0.15) is 18.4 Å². The number of carbonyl (C=O) groups is 1. The molecule has 0 aromatic carbocycles. The SMILES string of the molecule is CCc1ccc2nc(Cl)c(S(=O)(=O)NC(=O)Nc3nc(OC)cc(OC)n3)n2c1. The largest absolute Gasteiger partial charge is 0.481 e. The molecule has 0 radical (unpaired) electrons. The van der Waals surface area contributed by atoms with Crippen molar-refractivity contribution >= 4 is 39.3 Å². The average Bonchev–Trinajstić information content (AvgIpc) is 3.02. The topological polar surface area (TPSA) is 137 Å². The molecule has 0 aliphatic heterocycles. The summed E-state index contributed by atoms with van der Waals surface area (Å²) in [7, 11) is -1.62. The highest BCUT2D eigenvalue weighted by Crippen LogP contribution is 2.23. The molecule has 0 atom stereocenters. The molecule has 0 fully saturated rings. The zero-order valence-corrected chi connectivity index (χ0v) is 17.2. The molecule has 3 heterocycles. The molecule has 0 saturated heterocycles. The van der Waals surface area contributed by atoms with Crippen LogP contribution in [0.3, 0.4) is 0 Å². The monoisotopic (exact) mass is 440 g/mol. The number of nitrogens with one attached hydrogen (secondary N) is 2. The smallest absolute Gasteiger partial charge is 0.335 e. The minimum absolute atomic E-state index is 0.118. The van der Waals surface area contributed by atoms with E-state index in [-0.39, 0.29) is 27.9 Å². The Hall–Kier alpha value is -3.12. The van der Waals surface area contributed by atoms with E-state index in [2.05, 4.69) is 20.3 Å². The number of fused-ring (bicyclic) bond motifs is 1. The summed E-state index contributed by atoms with van der Waals surface area (Å²) in [5.74, 6) is 0.0188. The molecule has 13 heteroatoms. The zero-order valence-electron chi connectivity index (χ0n) is 15.6. The van der Waals surface area contributed by atoms with Gasteiger partial charge in [0.25, 0.3) is 10.0 Å². The third kappa shape index (κ3) is 4.32. The van der Waals surface area contributed by atoms with E-state index in [1.165, 1.54) is 24.7 Å². The van der Waals surface area contributed by atoms with Gasteiger partial charge < -0.3 is 9.47 Å². The predicted octanol–water partition coefficient (Wildman–Crippen LogP) is 1.87. The van der Waals surface area contributed by atoms with Gasteiger partial charge in [-0.05, 0) is 18.1 Å². The summed E-state index contributed by atoms with van der Waals surface area (Å²) in [5, 5.41) is 1.59. The number of aryl methyl sites for hydroxylation is 1. The fourth-order valence-electron chi connectivity index (χ4n) is 2.45. The Balaban J connectivity index is 1.89. The van der Waals surface area contributed by atoms with Crippen molar-refractivity contribution in [2.24, 2.45) is 0 Å². The summed E-state index contributed by atoms with van der Waals surface area (Å²) in [4.78, 5) is 24.1. The van der Waals surface area contributed by atoms with Crippen molar-refractivity contribution in [2.75, 3.05) is 19.5 Å². The Labute approximate surface area is 171 Å². The Morgan fingerprint density at radius 3 is 2.41 bits per heavy atom. The van der Waals surface area contributed by atoms with E-state index >= 15 is 0 Å². The number of urea groups is 1. The molecule has 11 nitrogen and oxygen atoms in total. The summed E-state index contributed by atoms with van der Waals surface area (Å²) in [6.45, 7) is 1.92. The van der Waals surface area contributed by atoms with Gasteiger partial charge in [-0.15, -0.1) is 0 Å². The molecule has 3 rings (SSSR count). The lowest BCUT2D eigenvalue weighted by Gasteiger charge is -2.10. The van der Waals surface area contributed by atoms with Crippen LogP contribution in [0.4, 0.5) is 10.7 Å². The Morgan fingerprint density at radius 1 is 1.17 bits per heavy atom. The van der Waals surface area contributed by atoms with Crippen molar-refractivity contribution in [3.63, 3.8) is 0 Å². The maximum atomic E-state index is 12.8. The number of ether oxygens (including phenoxy) is 2. The average molecular weight is 441 g/mol. The van der Waals surface area contributed by atoms with Crippen LogP contribution in [0.25, 0.3) is 5.65 Å². The summed E-state index contributed by atoms with van der Waals surface area (Å²) in [6.07, 6.45) is 2.27. The van der Waals surface area contributed by atoms with Crippen molar-refractivity contribution in [3.8, 4) is 11.8 Å². The van der Waals surface area contributed by atoms with Crippen LogP contribution in [0.5, 0.6) is 11.8 Å². The van der Waals surface area contributed by atoms with Gasteiger partial charge in [0.1, 0.15) is 5.65 Å². The maximum Gasteiger partial charge on any atom is 0.335 e. The molecule has 154 valence electrons. The maximum absolute atomic E-state index is 12.8. The number of anilines is 1. The normalized spacial score (nSPS) is 11.3. The third-order valence-corrected chi connectivity index (χ3v) is 5.54. The molecule has 0 bridgehead atoms. The van der Waals surface area contributed by atoms with Crippen molar-refractivity contribution in [1.29, 1.82) is 0 Å². The second-order valence-electron chi connectivity index (χ2n) is 5.66. The highest BCUT2D eigenvalue weighted by molar-refractivity contribution is 7.90. The highest BCUT2D eigenvalue weighted by atomic mass is 35.5. The number of halogens is 1. The number of hydrogen-bond acceptors (Lipinski definition) is 8. The van der Waals surface area contributed by atoms with Gasteiger partial charge in [0.15, 0.2) is 10.2 Å². The summed E-state index contributed by atoms with van der Waals surface area (Å²) < 4.78 is 38.7. The lowest BCUT2D eigenvalue weighted by molar-refractivity contribution is 0.256. The van der Waals surface area contributed by atoms with Gasteiger partial charge >= 0.3 is 6.03 Å². The van der Waals surface area contributed by atoms with Crippen molar-refractivity contribution in [2.45, 2.75) is 18.4 Å². The molecule has 0 unspecified atom stereocenters. The van der Waals surface area contributed by atoms with Gasteiger partial charge in [0.05, 0.1) is 20.3 Å². The van der Waals surface area contributed by atoms with Crippen molar-refractivity contribution < 1.29 is 22.7 Å². The fraction of sp³-hybridized carbons (Fsp3) is 0.250. The van der Waals surface area contributed by atoms with E-state index in [0.717, 1.165) is 5.56 Å². The fourth-order valence-corrected chi connectivity index (χ4v) is 4.00.